The SMILES string of the molecule is CC1(C)OB(c2cc(N3CCc4ccccc4C3=O)c(N)nc2F)OC1(C)C. The van der Waals surface area contributed by atoms with Gasteiger partial charge in [-0.05, 0) is 51.8 Å². The topological polar surface area (TPSA) is 77.7 Å². The fraction of sp³-hybridized carbons (Fsp3) is 0.400. The van der Waals surface area contributed by atoms with E-state index in [2.05, 4.69) is 4.98 Å². The van der Waals surface area contributed by atoms with Crippen molar-refractivity contribution in [2.24, 2.45) is 0 Å². The monoisotopic (exact) mass is 383 g/mol. The number of nitrogens with two attached hydrogens (primary N) is 1. The van der Waals surface area contributed by atoms with Gasteiger partial charge in [0.2, 0.25) is 5.95 Å². The predicted molar refractivity (Wildman–Crippen MR) is 106 cm³/mol. The van der Waals surface area contributed by atoms with Crippen LogP contribution < -0.4 is 16.1 Å². The summed E-state index contributed by atoms with van der Waals surface area (Å²) < 4.78 is 26.5. The Kier molecular flexibility index (Phi) is 4.24. The van der Waals surface area contributed by atoms with Crippen LogP contribution in [0, 0.1) is 5.95 Å². The van der Waals surface area contributed by atoms with E-state index in [4.69, 9.17) is 15.0 Å². The second-order valence-corrected chi connectivity index (χ2v) is 8.22. The van der Waals surface area contributed by atoms with Crippen LogP contribution in [0.4, 0.5) is 15.9 Å². The quantitative estimate of drug-likeness (QED) is 0.636. The standard InChI is InChI=1S/C20H23BFN3O3/c1-19(2)20(3,4)28-21(27-19)14-11-15(17(23)24-16(14)22)25-10-9-12-7-5-6-8-13(12)18(25)26/h5-8,11H,9-10H2,1-4H3,(H2,23,24). The lowest BCUT2D eigenvalue weighted by molar-refractivity contribution is 0.00578. The summed E-state index contributed by atoms with van der Waals surface area (Å²) in [6, 6.07) is 8.97. The molecule has 1 aromatic carbocycles. The molecule has 0 atom stereocenters. The van der Waals surface area contributed by atoms with E-state index in [0.29, 0.717) is 24.2 Å². The molecule has 146 valence electrons. The van der Waals surface area contributed by atoms with Crippen molar-refractivity contribution >= 4 is 30.0 Å². The number of aromatic nitrogens is 1. The van der Waals surface area contributed by atoms with Crippen molar-refractivity contribution in [2.75, 3.05) is 17.2 Å². The van der Waals surface area contributed by atoms with Crippen molar-refractivity contribution in [3.05, 3.63) is 47.4 Å². The number of hydrogen-bond acceptors (Lipinski definition) is 5. The van der Waals surface area contributed by atoms with Crippen molar-refractivity contribution in [2.45, 2.75) is 45.3 Å². The molecule has 0 bridgehead atoms. The maximum atomic E-state index is 14.6. The zero-order valence-electron chi connectivity index (χ0n) is 16.5. The van der Waals surface area contributed by atoms with Crippen LogP contribution in [0.3, 0.4) is 0 Å². The van der Waals surface area contributed by atoms with E-state index in [9.17, 15) is 9.18 Å². The number of nitrogen functional groups attached to an aromatic ring is 1. The van der Waals surface area contributed by atoms with E-state index >= 15 is 0 Å². The normalized spacial score (nSPS) is 20.4. The van der Waals surface area contributed by atoms with Gasteiger partial charge in [-0.1, -0.05) is 18.2 Å². The molecule has 0 unspecified atom stereocenters. The minimum atomic E-state index is -0.927. The van der Waals surface area contributed by atoms with Gasteiger partial charge in [0.05, 0.1) is 16.9 Å². The molecule has 28 heavy (non-hydrogen) atoms. The molecule has 4 rings (SSSR count). The lowest BCUT2D eigenvalue weighted by Gasteiger charge is -2.32. The second-order valence-electron chi connectivity index (χ2n) is 8.22. The number of halogens is 1. The summed E-state index contributed by atoms with van der Waals surface area (Å²) in [5.74, 6) is -0.975. The Morgan fingerprint density at radius 3 is 2.50 bits per heavy atom. The summed E-state index contributed by atoms with van der Waals surface area (Å²) in [4.78, 5) is 18.4. The van der Waals surface area contributed by atoms with Crippen LogP contribution in [0.15, 0.2) is 30.3 Å². The van der Waals surface area contributed by atoms with Crippen molar-refractivity contribution in [3.63, 3.8) is 0 Å². The third-order valence-corrected chi connectivity index (χ3v) is 5.91. The first-order valence-electron chi connectivity index (χ1n) is 9.32. The molecule has 0 aliphatic carbocycles. The summed E-state index contributed by atoms with van der Waals surface area (Å²) in [5.41, 5.74) is 6.85. The van der Waals surface area contributed by atoms with Gasteiger partial charge in [0.15, 0.2) is 5.82 Å². The highest BCUT2D eigenvalue weighted by Gasteiger charge is 2.53. The Hall–Kier alpha value is -2.45. The largest absolute Gasteiger partial charge is 0.499 e. The number of pyridine rings is 1. The van der Waals surface area contributed by atoms with Gasteiger partial charge in [0.25, 0.3) is 5.91 Å². The van der Waals surface area contributed by atoms with Gasteiger partial charge in [-0.3, -0.25) is 4.79 Å². The molecule has 1 aromatic heterocycles. The first kappa shape index (κ1) is 18.9. The summed E-state index contributed by atoms with van der Waals surface area (Å²) in [7, 11) is -0.927. The highest BCUT2D eigenvalue weighted by Crippen LogP contribution is 2.37. The van der Waals surface area contributed by atoms with Crippen molar-refractivity contribution in [3.8, 4) is 0 Å². The lowest BCUT2D eigenvalue weighted by Crippen LogP contribution is -2.41. The average molecular weight is 383 g/mol. The summed E-state index contributed by atoms with van der Waals surface area (Å²) in [5, 5.41) is 0. The Morgan fingerprint density at radius 1 is 1.18 bits per heavy atom. The molecular formula is C20H23BFN3O3. The molecule has 1 saturated heterocycles. The fourth-order valence-corrected chi connectivity index (χ4v) is 3.52. The summed E-state index contributed by atoms with van der Waals surface area (Å²) in [6.45, 7) is 8.00. The van der Waals surface area contributed by atoms with Gasteiger partial charge in [0, 0.05) is 17.6 Å². The molecule has 2 aliphatic rings. The molecule has 0 saturated carbocycles. The van der Waals surface area contributed by atoms with E-state index in [-0.39, 0.29) is 17.2 Å². The number of anilines is 2. The molecule has 0 spiro atoms. The Bertz CT molecular complexity index is 948. The van der Waals surface area contributed by atoms with Crippen LogP contribution in [0.5, 0.6) is 0 Å². The molecule has 0 radical (unpaired) electrons. The van der Waals surface area contributed by atoms with Gasteiger partial charge in [-0.25, -0.2) is 4.98 Å². The molecule has 1 fully saturated rings. The minimum absolute atomic E-state index is 0.0366. The van der Waals surface area contributed by atoms with Crippen LogP contribution in [-0.4, -0.2) is 35.8 Å². The number of hydrogen-bond donors (Lipinski definition) is 1. The van der Waals surface area contributed by atoms with E-state index in [0.717, 1.165) is 5.56 Å². The van der Waals surface area contributed by atoms with E-state index in [1.54, 1.807) is 11.0 Å². The summed E-state index contributed by atoms with van der Waals surface area (Å²) >= 11 is 0. The van der Waals surface area contributed by atoms with Gasteiger partial charge in [-0.2, -0.15) is 4.39 Å². The van der Waals surface area contributed by atoms with Gasteiger partial charge in [-0.15, -0.1) is 0 Å². The zero-order chi connectivity index (χ0) is 20.3. The first-order chi connectivity index (χ1) is 13.1. The molecule has 1 amide bonds. The Morgan fingerprint density at radius 2 is 1.82 bits per heavy atom. The number of fused-ring (bicyclic) bond motifs is 1. The molecule has 3 heterocycles. The summed E-state index contributed by atoms with van der Waals surface area (Å²) in [6.07, 6.45) is 0.685. The van der Waals surface area contributed by atoms with E-state index < -0.39 is 24.3 Å². The highest BCUT2D eigenvalue weighted by molar-refractivity contribution is 6.62. The van der Waals surface area contributed by atoms with Crippen molar-refractivity contribution < 1.29 is 18.5 Å². The Balaban J connectivity index is 1.73. The number of carbonyl (C=O) groups is 1. The average Bonchev–Trinajstić information content (AvgIpc) is 2.84. The van der Waals surface area contributed by atoms with Crippen LogP contribution in [0.1, 0.15) is 43.6 Å². The molecule has 2 aromatic rings. The molecule has 6 nitrogen and oxygen atoms in total. The third kappa shape index (κ3) is 2.88. The van der Waals surface area contributed by atoms with E-state index in [1.165, 1.54) is 6.07 Å². The molecule has 2 aliphatic heterocycles. The van der Waals surface area contributed by atoms with Crippen LogP contribution in [0.2, 0.25) is 0 Å². The van der Waals surface area contributed by atoms with Crippen LogP contribution in [-0.2, 0) is 15.7 Å². The number of amides is 1. The lowest BCUT2D eigenvalue weighted by atomic mass is 9.79. The van der Waals surface area contributed by atoms with Crippen LogP contribution >= 0.6 is 0 Å². The van der Waals surface area contributed by atoms with Crippen molar-refractivity contribution in [1.82, 2.24) is 4.98 Å². The second kappa shape index (κ2) is 6.29. The molecular weight excluding hydrogens is 360 g/mol. The number of carbonyl (C=O) groups excluding carboxylic acids is 1. The maximum absolute atomic E-state index is 14.6. The number of nitrogens with zero attached hydrogens (tertiary/aromatic N) is 2. The molecule has 2 N–H and O–H groups in total. The van der Waals surface area contributed by atoms with Gasteiger partial charge in [0.1, 0.15) is 0 Å². The highest BCUT2D eigenvalue weighted by atomic mass is 19.1. The zero-order valence-corrected chi connectivity index (χ0v) is 16.5. The minimum Gasteiger partial charge on any atom is -0.399 e. The van der Waals surface area contributed by atoms with E-state index in [1.807, 2.05) is 45.9 Å². The van der Waals surface area contributed by atoms with Crippen LogP contribution in [0.25, 0.3) is 0 Å². The number of benzene rings is 1. The van der Waals surface area contributed by atoms with Gasteiger partial charge >= 0.3 is 7.12 Å². The van der Waals surface area contributed by atoms with Gasteiger partial charge < -0.3 is 19.9 Å². The molecule has 8 heteroatoms. The first-order valence-corrected chi connectivity index (χ1v) is 9.32. The predicted octanol–water partition coefficient (Wildman–Crippen LogP) is 2.31. The maximum Gasteiger partial charge on any atom is 0.499 e. The smallest absolute Gasteiger partial charge is 0.399 e. The number of rotatable bonds is 2. The Labute approximate surface area is 164 Å². The fourth-order valence-electron chi connectivity index (χ4n) is 3.52. The van der Waals surface area contributed by atoms with Crippen molar-refractivity contribution in [1.29, 1.82) is 0 Å². The third-order valence-electron chi connectivity index (χ3n) is 5.91.